The van der Waals surface area contributed by atoms with Gasteiger partial charge < -0.3 is 14.2 Å². The van der Waals surface area contributed by atoms with E-state index in [1.54, 1.807) is 0 Å². The molecule has 0 aromatic carbocycles. The van der Waals surface area contributed by atoms with Gasteiger partial charge >= 0.3 is 17.9 Å². The van der Waals surface area contributed by atoms with Gasteiger partial charge in [0.15, 0.2) is 6.10 Å². The van der Waals surface area contributed by atoms with Gasteiger partial charge in [-0.15, -0.1) is 0 Å². The summed E-state index contributed by atoms with van der Waals surface area (Å²) in [5.74, 6) is -0.882. The van der Waals surface area contributed by atoms with E-state index in [1.165, 1.54) is 154 Å². The highest BCUT2D eigenvalue weighted by Gasteiger charge is 2.19. The van der Waals surface area contributed by atoms with Crippen LogP contribution in [0.5, 0.6) is 0 Å². The van der Waals surface area contributed by atoms with Crippen molar-refractivity contribution in [2.75, 3.05) is 13.2 Å². The fourth-order valence-electron chi connectivity index (χ4n) is 7.75. The summed E-state index contributed by atoms with van der Waals surface area (Å²) in [6, 6.07) is 0. The zero-order valence-corrected chi connectivity index (χ0v) is 41.8. The molecule has 63 heavy (non-hydrogen) atoms. The largest absolute Gasteiger partial charge is 0.462 e. The highest BCUT2D eigenvalue weighted by atomic mass is 16.6. The molecule has 0 saturated heterocycles. The second-order valence-corrected chi connectivity index (χ2v) is 18.1. The van der Waals surface area contributed by atoms with E-state index in [4.69, 9.17) is 14.2 Å². The molecule has 0 aliphatic carbocycles. The van der Waals surface area contributed by atoms with Gasteiger partial charge in [-0.05, 0) is 77.0 Å². The molecule has 0 N–H and O–H groups in total. The lowest BCUT2D eigenvalue weighted by molar-refractivity contribution is -0.167. The van der Waals surface area contributed by atoms with Crippen LogP contribution in [0.25, 0.3) is 0 Å². The Morgan fingerprint density at radius 2 is 0.619 bits per heavy atom. The van der Waals surface area contributed by atoms with Gasteiger partial charge in [0.05, 0.1) is 0 Å². The van der Waals surface area contributed by atoms with Gasteiger partial charge in [-0.3, -0.25) is 14.4 Å². The lowest BCUT2D eigenvalue weighted by Gasteiger charge is -2.18. The Labute approximate surface area is 390 Å². The van der Waals surface area contributed by atoms with Crippen LogP contribution in [0.1, 0.15) is 278 Å². The fourth-order valence-corrected chi connectivity index (χ4v) is 7.75. The average molecular weight is 883 g/mol. The Balaban J connectivity index is 4.33. The molecule has 0 heterocycles. The summed E-state index contributed by atoms with van der Waals surface area (Å²) >= 11 is 0. The van der Waals surface area contributed by atoms with Crippen LogP contribution in [-0.4, -0.2) is 37.2 Å². The van der Waals surface area contributed by atoms with Crippen LogP contribution in [0.2, 0.25) is 0 Å². The van der Waals surface area contributed by atoms with Gasteiger partial charge in [0.1, 0.15) is 13.2 Å². The fraction of sp³-hybridized carbons (Fsp3) is 0.807. The minimum atomic E-state index is -0.777. The zero-order chi connectivity index (χ0) is 45.8. The first-order chi connectivity index (χ1) is 31.0. The molecule has 0 rings (SSSR count). The second-order valence-electron chi connectivity index (χ2n) is 18.1. The van der Waals surface area contributed by atoms with Gasteiger partial charge in [0.25, 0.3) is 0 Å². The highest BCUT2D eigenvalue weighted by Crippen LogP contribution is 2.15. The molecule has 0 saturated carbocycles. The molecular formula is C57H102O6. The number of hydrogen-bond donors (Lipinski definition) is 0. The van der Waals surface area contributed by atoms with Crippen molar-refractivity contribution >= 4 is 17.9 Å². The quantitative estimate of drug-likeness (QED) is 0.0262. The third kappa shape index (κ3) is 50.2. The molecule has 0 spiro atoms. The predicted molar refractivity (Wildman–Crippen MR) is 270 cm³/mol. The van der Waals surface area contributed by atoms with E-state index < -0.39 is 6.10 Å². The lowest BCUT2D eigenvalue weighted by atomic mass is 10.1. The molecule has 0 aromatic heterocycles. The van der Waals surface area contributed by atoms with E-state index in [9.17, 15) is 14.4 Å². The van der Waals surface area contributed by atoms with Crippen molar-refractivity contribution in [3.05, 3.63) is 48.6 Å². The number of carbonyl (C=O) groups excluding carboxylic acids is 3. The van der Waals surface area contributed by atoms with Gasteiger partial charge in [-0.2, -0.15) is 0 Å². The van der Waals surface area contributed by atoms with E-state index in [0.717, 1.165) is 83.5 Å². The number of unbranched alkanes of at least 4 members (excludes halogenated alkanes) is 30. The topological polar surface area (TPSA) is 78.9 Å². The van der Waals surface area contributed by atoms with Crippen LogP contribution < -0.4 is 0 Å². The minimum absolute atomic E-state index is 0.0763. The Kier molecular flexibility index (Phi) is 49.8. The van der Waals surface area contributed by atoms with E-state index in [2.05, 4.69) is 69.4 Å². The Morgan fingerprint density at radius 3 is 0.984 bits per heavy atom. The summed E-state index contributed by atoms with van der Waals surface area (Å²) in [7, 11) is 0. The number of allylic oxidation sites excluding steroid dienone is 8. The summed E-state index contributed by atoms with van der Waals surface area (Å²) in [5.41, 5.74) is 0. The van der Waals surface area contributed by atoms with E-state index >= 15 is 0 Å². The van der Waals surface area contributed by atoms with Crippen LogP contribution in [0.3, 0.4) is 0 Å². The van der Waals surface area contributed by atoms with Crippen molar-refractivity contribution in [1.82, 2.24) is 0 Å². The molecule has 0 radical (unpaired) electrons. The normalized spacial score (nSPS) is 12.4. The first-order valence-electron chi connectivity index (χ1n) is 27.1. The summed E-state index contributed by atoms with van der Waals surface area (Å²) in [5, 5.41) is 0. The van der Waals surface area contributed by atoms with Crippen LogP contribution in [0.4, 0.5) is 0 Å². The van der Waals surface area contributed by atoms with Gasteiger partial charge in [0.2, 0.25) is 0 Å². The number of rotatable bonds is 49. The standard InChI is InChI=1S/C57H102O6/c1-4-7-10-13-16-19-22-24-26-28-30-31-33-35-38-41-44-47-50-56(59)62-53-54(52-61-55(58)49-46-43-40-37-21-18-15-12-9-6-3)63-57(60)51-48-45-42-39-36-34-32-29-27-25-23-20-17-14-11-8-5-2/h8,11,17,20,25-28,54H,4-7,9-10,12-16,18-19,21-24,29-53H2,1-3H3/b11-8-,20-17-,27-25-,28-26-. The molecule has 1 atom stereocenters. The number of carbonyl (C=O) groups is 3. The van der Waals surface area contributed by atoms with Crippen molar-refractivity contribution in [2.24, 2.45) is 0 Å². The molecule has 0 aliphatic heterocycles. The third-order valence-electron chi connectivity index (χ3n) is 11.8. The van der Waals surface area contributed by atoms with Gasteiger partial charge in [0, 0.05) is 19.3 Å². The maximum atomic E-state index is 12.8. The highest BCUT2D eigenvalue weighted by molar-refractivity contribution is 5.71. The maximum Gasteiger partial charge on any atom is 0.306 e. The molecule has 6 nitrogen and oxygen atoms in total. The molecular weight excluding hydrogens is 781 g/mol. The third-order valence-corrected chi connectivity index (χ3v) is 11.8. The van der Waals surface area contributed by atoms with Crippen LogP contribution in [0.15, 0.2) is 48.6 Å². The van der Waals surface area contributed by atoms with Gasteiger partial charge in [-0.1, -0.05) is 230 Å². The molecule has 1 unspecified atom stereocenters. The lowest BCUT2D eigenvalue weighted by Crippen LogP contribution is -2.30. The van der Waals surface area contributed by atoms with E-state index in [-0.39, 0.29) is 31.1 Å². The van der Waals surface area contributed by atoms with Gasteiger partial charge in [-0.25, -0.2) is 0 Å². The maximum absolute atomic E-state index is 12.8. The molecule has 0 amide bonds. The first-order valence-corrected chi connectivity index (χ1v) is 27.1. The van der Waals surface area contributed by atoms with Crippen molar-refractivity contribution in [3.8, 4) is 0 Å². The number of esters is 3. The molecule has 0 aromatic rings. The van der Waals surface area contributed by atoms with Crippen LogP contribution in [0, 0.1) is 0 Å². The summed E-state index contributed by atoms with van der Waals surface area (Å²) < 4.78 is 16.8. The SMILES string of the molecule is CC/C=C\C/C=C\C/C=C\CCCCCCCCCC(=O)OC(COC(=O)CCCCCCCCC/C=C\CCCCCCCCC)COC(=O)CCCCCCCCCCCC. The van der Waals surface area contributed by atoms with Crippen molar-refractivity contribution in [2.45, 2.75) is 284 Å². The average Bonchev–Trinajstić information content (AvgIpc) is 3.28. The van der Waals surface area contributed by atoms with Crippen LogP contribution in [-0.2, 0) is 28.6 Å². The summed E-state index contributed by atoms with van der Waals surface area (Å²) in [6.07, 6.45) is 62.4. The Bertz CT molecular complexity index is 1110. The molecule has 0 aliphatic rings. The van der Waals surface area contributed by atoms with Crippen molar-refractivity contribution in [1.29, 1.82) is 0 Å². The molecule has 366 valence electrons. The van der Waals surface area contributed by atoms with Crippen molar-refractivity contribution in [3.63, 3.8) is 0 Å². The monoisotopic (exact) mass is 883 g/mol. The predicted octanol–water partition coefficient (Wildman–Crippen LogP) is 17.9. The van der Waals surface area contributed by atoms with Crippen LogP contribution >= 0.6 is 0 Å². The Hall–Kier alpha value is -2.63. The molecule has 0 fully saturated rings. The summed E-state index contributed by atoms with van der Waals surface area (Å²) in [6.45, 7) is 6.52. The smallest absolute Gasteiger partial charge is 0.306 e. The van der Waals surface area contributed by atoms with E-state index in [1.807, 2.05) is 0 Å². The molecule has 6 heteroatoms. The zero-order valence-electron chi connectivity index (χ0n) is 41.8. The second kappa shape index (κ2) is 52.0. The molecule has 0 bridgehead atoms. The van der Waals surface area contributed by atoms with Crippen molar-refractivity contribution < 1.29 is 28.6 Å². The Morgan fingerprint density at radius 1 is 0.333 bits per heavy atom. The summed E-state index contributed by atoms with van der Waals surface area (Å²) in [4.78, 5) is 38.0. The first kappa shape index (κ1) is 60.4. The van der Waals surface area contributed by atoms with E-state index in [0.29, 0.717) is 19.3 Å². The number of hydrogen-bond acceptors (Lipinski definition) is 6. The minimum Gasteiger partial charge on any atom is -0.462 e. The number of ether oxygens (including phenoxy) is 3.